The largest absolute Gasteiger partial charge is 0.393 e. The van der Waals surface area contributed by atoms with Gasteiger partial charge in [0.1, 0.15) is 0 Å². The number of hydrogen-bond acceptors (Lipinski definition) is 2. The molecule has 1 fully saturated rings. The van der Waals surface area contributed by atoms with Gasteiger partial charge in [-0.3, -0.25) is 0 Å². The van der Waals surface area contributed by atoms with E-state index in [1.165, 1.54) is 11.1 Å². The minimum absolute atomic E-state index is 0.000545. The van der Waals surface area contributed by atoms with Crippen LogP contribution < -0.4 is 5.32 Å². The number of benzene rings is 1. The first-order valence-corrected chi connectivity index (χ1v) is 8.18. The number of aliphatic hydroxyl groups is 1. The smallest absolute Gasteiger partial charge is 0.317 e. The summed E-state index contributed by atoms with van der Waals surface area (Å²) in [6.07, 6.45) is 1.48. The van der Waals surface area contributed by atoms with Gasteiger partial charge in [0.05, 0.1) is 12.1 Å². The minimum atomic E-state index is -0.278. The van der Waals surface area contributed by atoms with Crippen LogP contribution in [-0.4, -0.2) is 35.2 Å². The van der Waals surface area contributed by atoms with Crippen LogP contribution in [0.4, 0.5) is 4.79 Å². The van der Waals surface area contributed by atoms with Crippen molar-refractivity contribution in [1.29, 1.82) is 0 Å². The molecule has 0 spiro atoms. The summed E-state index contributed by atoms with van der Waals surface area (Å²) >= 11 is 0. The summed E-state index contributed by atoms with van der Waals surface area (Å²) in [4.78, 5) is 14.2. The number of likely N-dealkylation sites (tertiary alicyclic amines) is 1. The van der Waals surface area contributed by atoms with Crippen molar-refractivity contribution in [3.8, 4) is 0 Å². The Morgan fingerprint density at radius 3 is 2.23 bits per heavy atom. The number of hydrogen-bond donors (Lipinski definition) is 2. The molecule has 1 aliphatic heterocycles. The van der Waals surface area contributed by atoms with Gasteiger partial charge in [-0.25, -0.2) is 4.79 Å². The van der Waals surface area contributed by atoms with Gasteiger partial charge in [-0.1, -0.05) is 29.3 Å². The predicted octanol–water partition coefficient (Wildman–Crippen LogP) is 3.17. The van der Waals surface area contributed by atoms with Gasteiger partial charge in [0.15, 0.2) is 0 Å². The van der Waals surface area contributed by atoms with Gasteiger partial charge in [-0.2, -0.15) is 0 Å². The van der Waals surface area contributed by atoms with E-state index in [1.54, 1.807) is 0 Å². The lowest BCUT2D eigenvalue weighted by atomic mass is 9.92. The van der Waals surface area contributed by atoms with E-state index < -0.39 is 0 Å². The van der Waals surface area contributed by atoms with E-state index in [2.05, 4.69) is 37.4 Å². The summed E-state index contributed by atoms with van der Waals surface area (Å²) in [6.45, 7) is 9.46. The van der Waals surface area contributed by atoms with Crippen LogP contribution in [-0.2, 0) is 0 Å². The summed E-state index contributed by atoms with van der Waals surface area (Å²) in [5.41, 5.74) is 3.58. The second-order valence-corrected chi connectivity index (χ2v) is 6.66. The number of urea groups is 1. The number of aliphatic hydroxyl groups excluding tert-OH is 1. The summed E-state index contributed by atoms with van der Waals surface area (Å²) in [6, 6.07) is 6.38. The first kappa shape index (κ1) is 16.8. The van der Waals surface area contributed by atoms with Gasteiger partial charge in [0.25, 0.3) is 0 Å². The number of amides is 2. The van der Waals surface area contributed by atoms with Crippen molar-refractivity contribution in [2.24, 2.45) is 5.92 Å². The Bertz CT molecular complexity index is 500. The van der Waals surface area contributed by atoms with Crippen molar-refractivity contribution in [2.75, 3.05) is 13.1 Å². The minimum Gasteiger partial charge on any atom is -0.393 e. The van der Waals surface area contributed by atoms with E-state index in [1.807, 2.05) is 18.7 Å². The molecule has 0 aliphatic carbocycles. The second-order valence-electron chi connectivity index (χ2n) is 6.66. The van der Waals surface area contributed by atoms with Crippen LogP contribution in [0.3, 0.4) is 0 Å². The molecule has 2 rings (SSSR count). The Morgan fingerprint density at radius 1 is 1.18 bits per heavy atom. The Labute approximate surface area is 133 Å². The second kappa shape index (κ2) is 7.14. The Balaban J connectivity index is 1.92. The van der Waals surface area contributed by atoms with Gasteiger partial charge in [-0.05, 0) is 52.0 Å². The maximum absolute atomic E-state index is 12.4. The van der Waals surface area contributed by atoms with Crippen LogP contribution in [0.1, 0.15) is 49.4 Å². The third kappa shape index (κ3) is 4.23. The molecule has 4 heteroatoms. The summed E-state index contributed by atoms with van der Waals surface area (Å²) in [5, 5.41) is 12.7. The van der Waals surface area contributed by atoms with Crippen molar-refractivity contribution < 1.29 is 9.90 Å². The number of piperidine rings is 1. The highest BCUT2D eigenvalue weighted by atomic mass is 16.3. The molecule has 0 bridgehead atoms. The third-order valence-corrected chi connectivity index (χ3v) is 4.59. The van der Waals surface area contributed by atoms with Crippen LogP contribution in [0.25, 0.3) is 0 Å². The molecule has 1 saturated heterocycles. The molecule has 1 heterocycles. The van der Waals surface area contributed by atoms with E-state index in [9.17, 15) is 9.90 Å². The summed E-state index contributed by atoms with van der Waals surface area (Å²) in [5.74, 6) is 0.320. The predicted molar refractivity (Wildman–Crippen MR) is 88.8 cm³/mol. The standard InChI is InChI=1S/C18H28N2O2/c1-12-9-13(2)11-17(10-12)14(3)19-18(22)20-7-5-16(6-8-20)15(4)21/h9-11,14-16,21H,5-8H2,1-4H3,(H,19,22). The molecule has 2 amide bonds. The first-order valence-electron chi connectivity index (χ1n) is 8.18. The topological polar surface area (TPSA) is 52.6 Å². The normalized spacial score (nSPS) is 18.9. The maximum atomic E-state index is 12.4. The van der Waals surface area contributed by atoms with Crippen molar-refractivity contribution in [3.63, 3.8) is 0 Å². The Kier molecular flexibility index (Phi) is 5.46. The molecule has 0 aromatic heterocycles. The summed E-state index contributed by atoms with van der Waals surface area (Å²) in [7, 11) is 0. The molecule has 2 unspecified atom stereocenters. The molecule has 0 radical (unpaired) electrons. The number of rotatable bonds is 3. The fraction of sp³-hybridized carbons (Fsp3) is 0.611. The Morgan fingerprint density at radius 2 is 1.73 bits per heavy atom. The van der Waals surface area contributed by atoms with E-state index in [-0.39, 0.29) is 18.2 Å². The zero-order chi connectivity index (χ0) is 16.3. The molecule has 122 valence electrons. The van der Waals surface area contributed by atoms with Crippen molar-refractivity contribution in [1.82, 2.24) is 10.2 Å². The monoisotopic (exact) mass is 304 g/mol. The molecule has 2 N–H and O–H groups in total. The van der Waals surface area contributed by atoms with Gasteiger partial charge in [0, 0.05) is 13.1 Å². The van der Waals surface area contributed by atoms with Crippen LogP contribution in [0.5, 0.6) is 0 Å². The molecular formula is C18H28N2O2. The highest BCUT2D eigenvalue weighted by Crippen LogP contribution is 2.21. The molecule has 1 aliphatic rings. The van der Waals surface area contributed by atoms with Crippen molar-refractivity contribution in [3.05, 3.63) is 34.9 Å². The van der Waals surface area contributed by atoms with Gasteiger partial charge >= 0.3 is 6.03 Å². The van der Waals surface area contributed by atoms with Crippen LogP contribution in [0, 0.1) is 19.8 Å². The third-order valence-electron chi connectivity index (χ3n) is 4.59. The maximum Gasteiger partial charge on any atom is 0.317 e. The molecule has 4 nitrogen and oxygen atoms in total. The van der Waals surface area contributed by atoms with Gasteiger partial charge in [0.2, 0.25) is 0 Å². The zero-order valence-corrected chi connectivity index (χ0v) is 14.1. The van der Waals surface area contributed by atoms with Crippen LogP contribution >= 0.6 is 0 Å². The molecule has 22 heavy (non-hydrogen) atoms. The lowest BCUT2D eigenvalue weighted by molar-refractivity contribution is 0.0794. The van der Waals surface area contributed by atoms with E-state index in [4.69, 9.17) is 0 Å². The van der Waals surface area contributed by atoms with Gasteiger partial charge < -0.3 is 15.3 Å². The molecule has 1 aromatic carbocycles. The number of nitrogens with zero attached hydrogens (tertiary/aromatic N) is 1. The highest BCUT2D eigenvalue weighted by molar-refractivity contribution is 5.74. The van der Waals surface area contributed by atoms with Crippen molar-refractivity contribution in [2.45, 2.75) is 52.7 Å². The fourth-order valence-corrected chi connectivity index (χ4v) is 3.20. The highest BCUT2D eigenvalue weighted by Gasteiger charge is 2.26. The number of carbonyl (C=O) groups is 1. The van der Waals surface area contributed by atoms with Gasteiger partial charge in [-0.15, -0.1) is 0 Å². The number of carbonyl (C=O) groups excluding carboxylic acids is 1. The van der Waals surface area contributed by atoms with E-state index in [0.29, 0.717) is 5.92 Å². The zero-order valence-electron chi connectivity index (χ0n) is 14.1. The average Bonchev–Trinajstić information content (AvgIpc) is 2.46. The summed E-state index contributed by atoms with van der Waals surface area (Å²) < 4.78 is 0. The SMILES string of the molecule is Cc1cc(C)cc(C(C)NC(=O)N2CCC(C(C)O)CC2)c1. The average molecular weight is 304 g/mol. The van der Waals surface area contributed by atoms with E-state index in [0.717, 1.165) is 31.5 Å². The quantitative estimate of drug-likeness (QED) is 0.901. The van der Waals surface area contributed by atoms with Crippen LogP contribution in [0.2, 0.25) is 0 Å². The lowest BCUT2D eigenvalue weighted by Gasteiger charge is -2.34. The molecule has 2 atom stereocenters. The number of nitrogens with one attached hydrogen (secondary N) is 1. The molecular weight excluding hydrogens is 276 g/mol. The first-order chi connectivity index (χ1) is 10.4. The van der Waals surface area contributed by atoms with E-state index >= 15 is 0 Å². The molecule has 1 aromatic rings. The molecule has 0 saturated carbocycles. The van der Waals surface area contributed by atoms with Crippen LogP contribution in [0.15, 0.2) is 18.2 Å². The van der Waals surface area contributed by atoms with Crippen molar-refractivity contribution >= 4 is 6.03 Å². The fourth-order valence-electron chi connectivity index (χ4n) is 3.20. The lowest BCUT2D eigenvalue weighted by Crippen LogP contribution is -2.46. The Hall–Kier alpha value is -1.55. The number of aryl methyl sites for hydroxylation is 2.